The van der Waals surface area contributed by atoms with Gasteiger partial charge in [0.25, 0.3) is 0 Å². The van der Waals surface area contributed by atoms with Gasteiger partial charge < -0.3 is 5.32 Å². The van der Waals surface area contributed by atoms with Crippen LogP contribution in [0.3, 0.4) is 0 Å². The van der Waals surface area contributed by atoms with Crippen LogP contribution < -0.4 is 5.32 Å². The topological polar surface area (TPSA) is 12.0 Å². The van der Waals surface area contributed by atoms with Gasteiger partial charge in [-0.3, -0.25) is 0 Å². The molecule has 0 fully saturated rings. The van der Waals surface area contributed by atoms with Crippen LogP contribution in [0.1, 0.15) is 31.0 Å². The zero-order chi connectivity index (χ0) is 13.7. The Morgan fingerprint density at radius 2 is 1.58 bits per heavy atom. The molecule has 0 aliphatic heterocycles. The molecule has 0 saturated carbocycles. The monoisotopic (exact) mass is 257 g/mol. The number of hydrogen-bond acceptors (Lipinski definition) is 1. The van der Waals surface area contributed by atoms with Gasteiger partial charge in [0.1, 0.15) is 5.82 Å². The molecule has 2 aromatic rings. The van der Waals surface area contributed by atoms with Crippen LogP contribution in [0.4, 0.5) is 4.39 Å². The van der Waals surface area contributed by atoms with Crippen molar-refractivity contribution in [1.82, 2.24) is 5.32 Å². The van der Waals surface area contributed by atoms with E-state index in [1.807, 2.05) is 30.3 Å². The Bertz CT molecular complexity index is 510. The van der Waals surface area contributed by atoms with Crippen LogP contribution in [0.15, 0.2) is 54.6 Å². The maximum atomic E-state index is 13.6. The van der Waals surface area contributed by atoms with Gasteiger partial charge in [-0.1, -0.05) is 48.5 Å². The summed E-state index contributed by atoms with van der Waals surface area (Å²) < 4.78 is 13.6. The molecule has 0 aliphatic rings. The van der Waals surface area contributed by atoms with E-state index in [1.54, 1.807) is 6.07 Å². The summed E-state index contributed by atoms with van der Waals surface area (Å²) in [7, 11) is 0. The Kier molecular flexibility index (Phi) is 4.69. The predicted octanol–water partition coefficient (Wildman–Crippen LogP) is 4.11. The first-order valence-electron chi connectivity index (χ1n) is 6.71. The average Bonchev–Trinajstić information content (AvgIpc) is 2.42. The summed E-state index contributed by atoms with van der Waals surface area (Å²) >= 11 is 0. The van der Waals surface area contributed by atoms with Crippen molar-refractivity contribution in [2.45, 2.75) is 32.4 Å². The highest BCUT2D eigenvalue weighted by Gasteiger charge is 2.11. The molecule has 2 heteroatoms. The lowest BCUT2D eigenvalue weighted by Crippen LogP contribution is -2.30. The van der Waals surface area contributed by atoms with Gasteiger partial charge in [0.15, 0.2) is 0 Å². The normalized spacial score (nSPS) is 14.1. The van der Waals surface area contributed by atoms with E-state index in [-0.39, 0.29) is 17.9 Å². The predicted molar refractivity (Wildman–Crippen MR) is 77.6 cm³/mol. The fourth-order valence-corrected chi connectivity index (χ4v) is 2.32. The molecule has 0 heterocycles. The number of rotatable bonds is 5. The molecule has 0 bridgehead atoms. The summed E-state index contributed by atoms with van der Waals surface area (Å²) in [5.41, 5.74) is 2.02. The van der Waals surface area contributed by atoms with Crippen molar-refractivity contribution in [3.63, 3.8) is 0 Å². The van der Waals surface area contributed by atoms with Crippen LogP contribution in [0.25, 0.3) is 0 Å². The third kappa shape index (κ3) is 3.90. The Labute approximate surface area is 114 Å². The fourth-order valence-electron chi connectivity index (χ4n) is 2.32. The molecular formula is C17H20FN. The van der Waals surface area contributed by atoms with Gasteiger partial charge in [-0.15, -0.1) is 0 Å². The molecule has 0 radical (unpaired) electrons. The SMILES string of the molecule is CC(Cc1ccccc1F)N[C@@H](C)c1ccccc1. The van der Waals surface area contributed by atoms with Crippen molar-refractivity contribution in [3.8, 4) is 0 Å². The van der Waals surface area contributed by atoms with Gasteiger partial charge in [-0.05, 0) is 37.5 Å². The van der Waals surface area contributed by atoms with Crippen molar-refractivity contribution in [3.05, 3.63) is 71.5 Å². The molecule has 0 saturated heterocycles. The van der Waals surface area contributed by atoms with Crippen molar-refractivity contribution in [2.24, 2.45) is 0 Å². The van der Waals surface area contributed by atoms with E-state index in [1.165, 1.54) is 11.6 Å². The Morgan fingerprint density at radius 1 is 0.947 bits per heavy atom. The number of hydrogen-bond donors (Lipinski definition) is 1. The summed E-state index contributed by atoms with van der Waals surface area (Å²) in [6.45, 7) is 4.22. The molecule has 19 heavy (non-hydrogen) atoms. The third-order valence-corrected chi connectivity index (χ3v) is 3.32. The number of halogens is 1. The molecule has 0 spiro atoms. The van der Waals surface area contributed by atoms with Crippen molar-refractivity contribution in [1.29, 1.82) is 0 Å². The molecule has 0 aromatic heterocycles. The molecule has 100 valence electrons. The van der Waals surface area contributed by atoms with Crippen LogP contribution in [0.5, 0.6) is 0 Å². The average molecular weight is 257 g/mol. The van der Waals surface area contributed by atoms with E-state index in [4.69, 9.17) is 0 Å². The fraction of sp³-hybridized carbons (Fsp3) is 0.294. The molecule has 0 amide bonds. The van der Waals surface area contributed by atoms with E-state index < -0.39 is 0 Å². The first kappa shape index (κ1) is 13.8. The number of benzene rings is 2. The van der Waals surface area contributed by atoms with Crippen LogP contribution in [0, 0.1) is 5.82 Å². The molecule has 2 atom stereocenters. The summed E-state index contributed by atoms with van der Waals surface area (Å²) in [5.74, 6) is -0.122. The van der Waals surface area contributed by atoms with E-state index in [9.17, 15) is 4.39 Å². The summed E-state index contributed by atoms with van der Waals surface area (Å²) in [6, 6.07) is 17.8. The standard InChI is InChI=1S/C17H20FN/c1-13(12-16-10-6-7-11-17(16)18)19-14(2)15-8-4-3-5-9-15/h3-11,13-14,19H,12H2,1-2H3/t13?,14-/m0/s1. The lowest BCUT2D eigenvalue weighted by atomic mass is 10.0. The van der Waals surface area contributed by atoms with Gasteiger partial charge >= 0.3 is 0 Å². The Morgan fingerprint density at radius 3 is 2.26 bits per heavy atom. The zero-order valence-electron chi connectivity index (χ0n) is 11.4. The molecule has 1 unspecified atom stereocenters. The van der Waals surface area contributed by atoms with Crippen LogP contribution in [-0.4, -0.2) is 6.04 Å². The minimum absolute atomic E-state index is 0.122. The van der Waals surface area contributed by atoms with Gasteiger partial charge in [0.05, 0.1) is 0 Å². The molecule has 2 rings (SSSR count). The largest absolute Gasteiger partial charge is 0.307 e. The quantitative estimate of drug-likeness (QED) is 0.850. The van der Waals surface area contributed by atoms with E-state index >= 15 is 0 Å². The molecule has 1 N–H and O–H groups in total. The highest BCUT2D eigenvalue weighted by Crippen LogP contribution is 2.14. The number of nitrogens with one attached hydrogen (secondary N) is 1. The second kappa shape index (κ2) is 6.48. The van der Waals surface area contributed by atoms with E-state index in [0.717, 1.165) is 5.56 Å². The molecule has 1 nitrogen and oxygen atoms in total. The minimum atomic E-state index is -0.122. The highest BCUT2D eigenvalue weighted by atomic mass is 19.1. The Balaban J connectivity index is 1.95. The molecule has 2 aromatic carbocycles. The van der Waals surface area contributed by atoms with Crippen molar-refractivity contribution >= 4 is 0 Å². The Hall–Kier alpha value is -1.67. The molecular weight excluding hydrogens is 237 g/mol. The first-order chi connectivity index (χ1) is 9.16. The third-order valence-electron chi connectivity index (χ3n) is 3.32. The van der Waals surface area contributed by atoms with Crippen molar-refractivity contribution < 1.29 is 4.39 Å². The highest BCUT2D eigenvalue weighted by molar-refractivity contribution is 5.20. The van der Waals surface area contributed by atoms with Crippen LogP contribution in [-0.2, 0) is 6.42 Å². The summed E-state index contributed by atoms with van der Waals surface area (Å²) in [5, 5.41) is 3.51. The zero-order valence-corrected chi connectivity index (χ0v) is 11.4. The second-order valence-corrected chi connectivity index (χ2v) is 5.00. The lowest BCUT2D eigenvalue weighted by molar-refractivity contribution is 0.469. The maximum Gasteiger partial charge on any atom is 0.126 e. The van der Waals surface area contributed by atoms with E-state index in [2.05, 4.69) is 31.3 Å². The lowest BCUT2D eigenvalue weighted by Gasteiger charge is -2.20. The first-order valence-corrected chi connectivity index (χ1v) is 6.71. The van der Waals surface area contributed by atoms with Gasteiger partial charge in [0.2, 0.25) is 0 Å². The van der Waals surface area contributed by atoms with Gasteiger partial charge in [0, 0.05) is 12.1 Å². The van der Waals surface area contributed by atoms with Crippen LogP contribution >= 0.6 is 0 Å². The van der Waals surface area contributed by atoms with E-state index in [0.29, 0.717) is 6.42 Å². The minimum Gasteiger partial charge on any atom is -0.307 e. The summed E-state index contributed by atoms with van der Waals surface area (Å²) in [6.07, 6.45) is 0.698. The molecule has 0 aliphatic carbocycles. The smallest absolute Gasteiger partial charge is 0.126 e. The van der Waals surface area contributed by atoms with Gasteiger partial charge in [-0.2, -0.15) is 0 Å². The van der Waals surface area contributed by atoms with Gasteiger partial charge in [-0.25, -0.2) is 4.39 Å². The second-order valence-electron chi connectivity index (χ2n) is 5.00. The maximum absolute atomic E-state index is 13.6. The van der Waals surface area contributed by atoms with Crippen molar-refractivity contribution in [2.75, 3.05) is 0 Å². The van der Waals surface area contributed by atoms with Crippen LogP contribution in [0.2, 0.25) is 0 Å². The summed E-state index contributed by atoms with van der Waals surface area (Å²) in [4.78, 5) is 0.